The summed E-state index contributed by atoms with van der Waals surface area (Å²) in [5.74, 6) is -0.791. The van der Waals surface area contributed by atoms with Gasteiger partial charge in [-0.3, -0.25) is 18.6 Å². The number of carbonyl (C=O) groups is 2. The standard InChI is InChI=1S/C67H132NO8P/c1-6-8-10-12-14-16-18-20-21-22-23-24-25-26-27-28-29-30-31-32-33-34-35-36-37-38-39-40-41-42-43-44-45-46-47-48-50-51-53-55-57-59-66(69)73-63-65(64-75-77(71,72)74-62-61-68(3,4)5)76-67(70)60-58-56-54-52-49-19-17-15-13-11-9-7-2/h15,17,65H,6-14,16,18-64H2,1-5H3/p+1/b17-15-. The summed E-state index contributed by atoms with van der Waals surface area (Å²) >= 11 is 0. The van der Waals surface area contributed by atoms with Crippen molar-refractivity contribution in [3.05, 3.63) is 12.2 Å². The van der Waals surface area contributed by atoms with Crippen LogP contribution in [0, 0.1) is 0 Å². The van der Waals surface area contributed by atoms with Crippen molar-refractivity contribution in [2.24, 2.45) is 0 Å². The minimum absolute atomic E-state index is 0.0335. The van der Waals surface area contributed by atoms with Crippen molar-refractivity contribution in [2.45, 2.75) is 360 Å². The molecular weight excluding hydrogens is 978 g/mol. The lowest BCUT2D eigenvalue weighted by Gasteiger charge is -2.24. The largest absolute Gasteiger partial charge is 0.472 e. The first-order valence-electron chi connectivity index (χ1n) is 33.9. The van der Waals surface area contributed by atoms with Crippen LogP contribution in [0.15, 0.2) is 12.2 Å². The van der Waals surface area contributed by atoms with Crippen molar-refractivity contribution in [1.29, 1.82) is 0 Å². The van der Waals surface area contributed by atoms with Gasteiger partial charge in [0.2, 0.25) is 0 Å². The fourth-order valence-corrected chi connectivity index (χ4v) is 11.1. The number of phosphoric ester groups is 1. The molecule has 0 aromatic heterocycles. The average molecular weight is 1110 g/mol. The molecule has 0 aliphatic heterocycles. The van der Waals surface area contributed by atoms with Gasteiger partial charge < -0.3 is 18.9 Å². The highest BCUT2D eigenvalue weighted by atomic mass is 31.2. The molecule has 0 saturated carbocycles. The predicted molar refractivity (Wildman–Crippen MR) is 331 cm³/mol. The molecule has 0 rings (SSSR count). The summed E-state index contributed by atoms with van der Waals surface area (Å²) in [6.07, 6.45) is 72.2. The zero-order valence-electron chi connectivity index (χ0n) is 52.2. The number of phosphoric acid groups is 1. The normalized spacial score (nSPS) is 13.2. The number of hydrogen-bond acceptors (Lipinski definition) is 7. The molecule has 1 N–H and O–H groups in total. The topological polar surface area (TPSA) is 108 Å². The molecule has 0 aromatic carbocycles. The fraction of sp³-hybridized carbons (Fsp3) is 0.940. The van der Waals surface area contributed by atoms with Gasteiger partial charge in [0.15, 0.2) is 6.10 Å². The van der Waals surface area contributed by atoms with Crippen molar-refractivity contribution >= 4 is 19.8 Å². The number of nitrogens with zero attached hydrogens (tertiary/aromatic N) is 1. The molecule has 0 aromatic rings. The van der Waals surface area contributed by atoms with Crippen LogP contribution >= 0.6 is 7.82 Å². The van der Waals surface area contributed by atoms with Crippen LogP contribution < -0.4 is 0 Å². The highest BCUT2D eigenvalue weighted by molar-refractivity contribution is 7.47. The van der Waals surface area contributed by atoms with E-state index in [1.54, 1.807) is 0 Å². The van der Waals surface area contributed by atoms with Crippen LogP contribution in [0.1, 0.15) is 354 Å². The molecule has 0 spiro atoms. The monoisotopic (exact) mass is 1110 g/mol. The molecule has 0 heterocycles. The van der Waals surface area contributed by atoms with Gasteiger partial charge in [0, 0.05) is 12.8 Å². The second kappa shape index (κ2) is 59.4. The summed E-state index contributed by atoms with van der Waals surface area (Å²) < 4.78 is 34.5. The molecule has 0 saturated heterocycles. The Hall–Kier alpha value is -1.25. The molecule has 458 valence electrons. The number of unbranched alkanes of at least 4 members (excludes halogenated alkanes) is 48. The summed E-state index contributed by atoms with van der Waals surface area (Å²) in [4.78, 5) is 35.6. The van der Waals surface area contributed by atoms with Gasteiger partial charge >= 0.3 is 19.8 Å². The summed E-state index contributed by atoms with van der Waals surface area (Å²) in [6, 6.07) is 0. The molecule has 9 nitrogen and oxygen atoms in total. The number of esters is 2. The second-order valence-electron chi connectivity index (χ2n) is 24.6. The number of rotatable bonds is 64. The molecule has 0 aliphatic carbocycles. The van der Waals surface area contributed by atoms with E-state index in [1.165, 1.54) is 270 Å². The smallest absolute Gasteiger partial charge is 0.462 e. The maximum Gasteiger partial charge on any atom is 0.472 e. The van der Waals surface area contributed by atoms with Crippen molar-refractivity contribution in [3.8, 4) is 0 Å². The average Bonchev–Trinajstić information content (AvgIpc) is 3.39. The summed E-state index contributed by atoms with van der Waals surface area (Å²) in [5, 5.41) is 0. The molecule has 0 fully saturated rings. The molecule has 2 atom stereocenters. The number of quaternary nitrogens is 1. The number of hydrogen-bond donors (Lipinski definition) is 1. The fourth-order valence-electron chi connectivity index (χ4n) is 10.3. The Labute approximate surface area is 479 Å². The summed E-state index contributed by atoms with van der Waals surface area (Å²) in [6.45, 7) is 4.45. The van der Waals surface area contributed by atoms with Crippen LogP contribution in [0.5, 0.6) is 0 Å². The Morgan fingerprint density at radius 2 is 0.662 bits per heavy atom. The third-order valence-corrected chi connectivity index (χ3v) is 16.5. The molecule has 10 heteroatoms. The maximum absolute atomic E-state index is 12.7. The Bertz CT molecular complexity index is 1300. The second-order valence-corrected chi connectivity index (χ2v) is 26.0. The number of likely N-dealkylation sites (N-methyl/N-ethyl adjacent to an activating group) is 1. The highest BCUT2D eigenvalue weighted by Crippen LogP contribution is 2.43. The molecule has 0 bridgehead atoms. The van der Waals surface area contributed by atoms with Gasteiger partial charge in [0.25, 0.3) is 0 Å². The van der Waals surface area contributed by atoms with E-state index < -0.39 is 26.5 Å². The Balaban J connectivity index is 3.75. The number of allylic oxidation sites excluding steroid dienone is 2. The lowest BCUT2D eigenvalue weighted by atomic mass is 10.0. The molecule has 0 aliphatic rings. The van der Waals surface area contributed by atoms with Gasteiger partial charge in [0.05, 0.1) is 27.7 Å². The molecule has 0 radical (unpaired) electrons. The summed E-state index contributed by atoms with van der Waals surface area (Å²) in [5.41, 5.74) is 0. The lowest BCUT2D eigenvalue weighted by molar-refractivity contribution is -0.870. The van der Waals surface area contributed by atoms with E-state index in [-0.39, 0.29) is 25.6 Å². The maximum atomic E-state index is 12.7. The van der Waals surface area contributed by atoms with E-state index in [1.807, 2.05) is 21.1 Å². The Morgan fingerprint density at radius 1 is 0.390 bits per heavy atom. The van der Waals surface area contributed by atoms with Gasteiger partial charge in [-0.15, -0.1) is 0 Å². The van der Waals surface area contributed by atoms with Crippen LogP contribution in [0.2, 0.25) is 0 Å². The van der Waals surface area contributed by atoms with E-state index in [0.717, 1.165) is 51.4 Å². The van der Waals surface area contributed by atoms with Crippen LogP contribution in [-0.2, 0) is 32.7 Å². The molecular formula is C67H133NO8P+. The van der Waals surface area contributed by atoms with E-state index >= 15 is 0 Å². The first-order chi connectivity index (χ1) is 37.5. The predicted octanol–water partition coefficient (Wildman–Crippen LogP) is 21.6. The van der Waals surface area contributed by atoms with Crippen LogP contribution in [0.3, 0.4) is 0 Å². The highest BCUT2D eigenvalue weighted by Gasteiger charge is 2.27. The Morgan fingerprint density at radius 3 is 0.987 bits per heavy atom. The zero-order valence-corrected chi connectivity index (χ0v) is 53.1. The minimum atomic E-state index is -4.38. The van der Waals surface area contributed by atoms with Gasteiger partial charge in [0.1, 0.15) is 19.8 Å². The summed E-state index contributed by atoms with van der Waals surface area (Å²) in [7, 11) is 1.49. The van der Waals surface area contributed by atoms with E-state index in [2.05, 4.69) is 26.0 Å². The molecule has 2 unspecified atom stereocenters. The third kappa shape index (κ3) is 63.8. The quantitative estimate of drug-likeness (QED) is 0.0211. The zero-order chi connectivity index (χ0) is 56.3. The molecule has 0 amide bonds. The van der Waals surface area contributed by atoms with Gasteiger partial charge in [-0.25, -0.2) is 4.57 Å². The van der Waals surface area contributed by atoms with Crippen molar-refractivity contribution in [3.63, 3.8) is 0 Å². The van der Waals surface area contributed by atoms with E-state index in [9.17, 15) is 19.0 Å². The first-order valence-corrected chi connectivity index (χ1v) is 35.4. The minimum Gasteiger partial charge on any atom is -0.462 e. The lowest BCUT2D eigenvalue weighted by Crippen LogP contribution is -2.37. The van der Waals surface area contributed by atoms with E-state index in [4.69, 9.17) is 18.5 Å². The van der Waals surface area contributed by atoms with E-state index in [0.29, 0.717) is 23.9 Å². The van der Waals surface area contributed by atoms with Crippen LogP contribution in [0.25, 0.3) is 0 Å². The van der Waals surface area contributed by atoms with Crippen LogP contribution in [-0.4, -0.2) is 74.9 Å². The van der Waals surface area contributed by atoms with Gasteiger partial charge in [-0.1, -0.05) is 315 Å². The number of ether oxygens (including phenoxy) is 2. The van der Waals surface area contributed by atoms with Crippen molar-refractivity contribution in [1.82, 2.24) is 0 Å². The number of carbonyl (C=O) groups excluding carboxylic acids is 2. The van der Waals surface area contributed by atoms with Crippen molar-refractivity contribution < 1.29 is 42.1 Å². The van der Waals surface area contributed by atoms with Crippen LogP contribution in [0.4, 0.5) is 0 Å². The van der Waals surface area contributed by atoms with Crippen molar-refractivity contribution in [2.75, 3.05) is 47.5 Å². The Kier molecular flexibility index (Phi) is 58.4. The SMILES string of the molecule is CCCCC/C=C\CCCCCCCC(=O)OC(COC(=O)CCCCCCCCCCCCCCCCCCCCCCCCCCCCCCCCCCCCCCCCCCC)COP(=O)(O)OCC[N+](C)(C)C. The van der Waals surface area contributed by atoms with Gasteiger partial charge in [-0.2, -0.15) is 0 Å². The molecule has 77 heavy (non-hydrogen) atoms. The first kappa shape index (κ1) is 75.8. The third-order valence-electron chi connectivity index (χ3n) is 15.5. The van der Waals surface area contributed by atoms with Gasteiger partial charge in [-0.05, 0) is 38.5 Å².